The minimum absolute atomic E-state index is 0.357. The van der Waals surface area contributed by atoms with Crippen molar-refractivity contribution in [2.24, 2.45) is 0 Å². The molecule has 1 saturated heterocycles. The number of thiazole rings is 1. The Morgan fingerprint density at radius 3 is 2.42 bits per heavy atom. The monoisotopic (exact) mass is 278 g/mol. The van der Waals surface area contributed by atoms with E-state index in [4.69, 9.17) is 13.7 Å². The van der Waals surface area contributed by atoms with E-state index in [2.05, 4.69) is 9.97 Å². The fourth-order valence-electron chi connectivity index (χ4n) is 1.79. The van der Waals surface area contributed by atoms with Crippen molar-refractivity contribution in [2.75, 3.05) is 0 Å². The Hall–Kier alpha value is -1.18. The van der Waals surface area contributed by atoms with Crippen LogP contribution in [0.1, 0.15) is 27.7 Å². The molecule has 0 atom stereocenters. The van der Waals surface area contributed by atoms with Crippen LogP contribution in [0.25, 0.3) is 10.9 Å². The normalized spacial score (nSPS) is 20.9. The Morgan fingerprint density at radius 2 is 1.84 bits per heavy atom. The van der Waals surface area contributed by atoms with Gasteiger partial charge in [0.25, 0.3) is 5.89 Å². The number of nitrogens with zero attached hydrogens (tertiary/aromatic N) is 2. The Balaban J connectivity index is 1.85. The lowest BCUT2D eigenvalue weighted by molar-refractivity contribution is 0.00578. The van der Waals surface area contributed by atoms with E-state index in [1.54, 1.807) is 6.20 Å². The maximum Gasteiger partial charge on any atom is 0.515 e. The molecule has 1 fully saturated rings. The summed E-state index contributed by atoms with van der Waals surface area (Å²) in [4.78, 5) is 8.56. The number of rotatable bonds is 2. The summed E-state index contributed by atoms with van der Waals surface area (Å²) < 4.78 is 17.1. The average Bonchev–Trinajstić information content (AvgIpc) is 3.00. The van der Waals surface area contributed by atoms with Gasteiger partial charge in [0.2, 0.25) is 0 Å². The lowest BCUT2D eigenvalue weighted by Crippen LogP contribution is -2.41. The molecule has 0 radical (unpaired) electrons. The van der Waals surface area contributed by atoms with Crippen LogP contribution in [0.4, 0.5) is 0 Å². The van der Waals surface area contributed by atoms with Crippen molar-refractivity contribution in [2.45, 2.75) is 38.9 Å². The van der Waals surface area contributed by atoms with Crippen molar-refractivity contribution in [1.29, 1.82) is 0 Å². The predicted molar refractivity (Wildman–Crippen MR) is 73.3 cm³/mol. The first-order valence-corrected chi connectivity index (χ1v) is 6.98. The third-order valence-corrected chi connectivity index (χ3v) is 4.48. The Labute approximate surface area is 116 Å². The molecule has 5 nitrogen and oxygen atoms in total. The molecule has 0 amide bonds. The van der Waals surface area contributed by atoms with Gasteiger partial charge in [0, 0.05) is 5.38 Å². The van der Waals surface area contributed by atoms with E-state index in [1.165, 1.54) is 17.6 Å². The first-order chi connectivity index (χ1) is 8.89. The highest BCUT2D eigenvalue weighted by atomic mass is 32.1. The first kappa shape index (κ1) is 12.8. The van der Waals surface area contributed by atoms with Crippen LogP contribution in [-0.2, 0) is 9.31 Å². The van der Waals surface area contributed by atoms with Gasteiger partial charge in [0.1, 0.15) is 6.26 Å². The minimum atomic E-state index is -0.440. The van der Waals surface area contributed by atoms with Crippen LogP contribution in [0.5, 0.6) is 0 Å². The highest BCUT2D eigenvalue weighted by Crippen LogP contribution is 2.36. The van der Waals surface area contributed by atoms with E-state index < -0.39 is 7.12 Å². The van der Waals surface area contributed by atoms with Crippen molar-refractivity contribution < 1.29 is 13.7 Å². The summed E-state index contributed by atoms with van der Waals surface area (Å²) >= 11 is 1.47. The molecular formula is C12H15BN2O3S. The number of hydrogen-bond donors (Lipinski definition) is 0. The van der Waals surface area contributed by atoms with Gasteiger partial charge in [-0.15, -0.1) is 11.3 Å². The number of oxazole rings is 1. The third kappa shape index (κ3) is 2.11. The van der Waals surface area contributed by atoms with E-state index in [0.29, 0.717) is 5.89 Å². The molecule has 2 aromatic heterocycles. The molecule has 1 aliphatic heterocycles. The van der Waals surface area contributed by atoms with E-state index in [1.807, 2.05) is 33.1 Å². The highest BCUT2D eigenvalue weighted by molar-refractivity contribution is 7.14. The third-order valence-electron chi connectivity index (χ3n) is 3.63. The maximum atomic E-state index is 5.95. The van der Waals surface area contributed by atoms with E-state index >= 15 is 0 Å². The standard InChI is InChI=1S/C12H15BN2O3S/c1-11(2)12(3,4)18-13(17-11)8-7-19-10(15-8)9-14-5-6-16-9/h5-7H,1-4H3. The zero-order chi connectivity index (χ0) is 13.7. The molecule has 0 bridgehead atoms. The van der Waals surface area contributed by atoms with Crippen LogP contribution in [0, 0.1) is 0 Å². The molecular weight excluding hydrogens is 263 g/mol. The molecule has 7 heteroatoms. The second kappa shape index (κ2) is 4.16. The lowest BCUT2D eigenvalue weighted by Gasteiger charge is -2.32. The zero-order valence-electron chi connectivity index (χ0n) is 11.3. The molecule has 1 aliphatic rings. The summed E-state index contributed by atoms with van der Waals surface area (Å²) in [6, 6.07) is 0. The van der Waals surface area contributed by atoms with Crippen molar-refractivity contribution in [3.05, 3.63) is 17.8 Å². The molecule has 0 unspecified atom stereocenters. The van der Waals surface area contributed by atoms with Crippen LogP contribution in [0.3, 0.4) is 0 Å². The topological polar surface area (TPSA) is 57.4 Å². The van der Waals surface area contributed by atoms with Crippen molar-refractivity contribution in [1.82, 2.24) is 9.97 Å². The lowest BCUT2D eigenvalue weighted by atomic mass is 9.86. The van der Waals surface area contributed by atoms with E-state index in [-0.39, 0.29) is 11.2 Å². The summed E-state index contributed by atoms with van der Waals surface area (Å²) in [5.41, 5.74) is 0.0474. The van der Waals surface area contributed by atoms with Crippen molar-refractivity contribution in [3.8, 4) is 10.9 Å². The second-order valence-corrected chi connectivity index (χ2v) is 6.36. The molecule has 0 saturated carbocycles. The van der Waals surface area contributed by atoms with Crippen molar-refractivity contribution in [3.63, 3.8) is 0 Å². The summed E-state index contributed by atoms with van der Waals surface area (Å²) in [6.45, 7) is 8.09. The fraction of sp³-hybridized carbons (Fsp3) is 0.500. The van der Waals surface area contributed by atoms with Gasteiger partial charge in [0.15, 0.2) is 5.01 Å². The molecule has 19 heavy (non-hydrogen) atoms. The number of aromatic nitrogens is 2. The van der Waals surface area contributed by atoms with Crippen LogP contribution in [0.15, 0.2) is 22.3 Å². The van der Waals surface area contributed by atoms with Gasteiger partial charge in [0.05, 0.1) is 23.0 Å². The summed E-state index contributed by atoms with van der Waals surface area (Å²) in [5, 5.41) is 2.65. The number of hydrogen-bond acceptors (Lipinski definition) is 6. The quantitative estimate of drug-likeness (QED) is 0.787. The van der Waals surface area contributed by atoms with Gasteiger partial charge in [-0.3, -0.25) is 0 Å². The van der Waals surface area contributed by atoms with E-state index in [0.717, 1.165) is 10.6 Å². The molecule has 0 spiro atoms. The zero-order valence-corrected chi connectivity index (χ0v) is 12.2. The van der Waals surface area contributed by atoms with Crippen LogP contribution in [-0.4, -0.2) is 28.3 Å². The Kier molecular flexibility index (Phi) is 2.81. The van der Waals surface area contributed by atoms with Crippen molar-refractivity contribution >= 4 is 24.0 Å². The van der Waals surface area contributed by atoms with Crippen LogP contribution >= 0.6 is 11.3 Å². The van der Waals surface area contributed by atoms with Gasteiger partial charge >= 0.3 is 7.12 Å². The second-order valence-electron chi connectivity index (χ2n) is 5.50. The predicted octanol–water partition coefficient (Wildman–Crippen LogP) is 2.10. The molecule has 2 aromatic rings. The SMILES string of the molecule is CC1(C)OB(c2csc(-c3ncco3)n2)OC1(C)C. The molecule has 0 aromatic carbocycles. The van der Waals surface area contributed by atoms with E-state index in [9.17, 15) is 0 Å². The summed E-state index contributed by atoms with van der Waals surface area (Å²) in [7, 11) is -0.440. The first-order valence-electron chi connectivity index (χ1n) is 6.10. The maximum absolute atomic E-state index is 5.95. The smallest absolute Gasteiger partial charge is 0.443 e. The Morgan fingerprint density at radius 1 is 1.16 bits per heavy atom. The van der Waals surface area contributed by atoms with Gasteiger partial charge < -0.3 is 13.7 Å². The fourth-order valence-corrected chi connectivity index (χ4v) is 2.54. The minimum Gasteiger partial charge on any atom is -0.443 e. The molecule has 3 heterocycles. The summed E-state index contributed by atoms with van der Waals surface area (Å²) in [5.74, 6) is 0.521. The molecule has 100 valence electrons. The highest BCUT2D eigenvalue weighted by Gasteiger charge is 2.52. The Bertz CT molecular complexity index is 564. The molecule has 0 N–H and O–H groups in total. The molecule has 0 aliphatic carbocycles. The van der Waals surface area contributed by atoms with Gasteiger partial charge in [-0.25, -0.2) is 9.97 Å². The van der Waals surface area contributed by atoms with Crippen LogP contribution in [0.2, 0.25) is 0 Å². The van der Waals surface area contributed by atoms with Gasteiger partial charge in [-0.1, -0.05) is 0 Å². The average molecular weight is 278 g/mol. The van der Waals surface area contributed by atoms with Crippen LogP contribution < -0.4 is 5.59 Å². The summed E-state index contributed by atoms with van der Waals surface area (Å²) in [6.07, 6.45) is 3.14. The molecule has 3 rings (SSSR count). The largest absolute Gasteiger partial charge is 0.515 e. The van der Waals surface area contributed by atoms with Gasteiger partial charge in [-0.2, -0.15) is 0 Å². The van der Waals surface area contributed by atoms with Gasteiger partial charge in [-0.05, 0) is 27.7 Å².